The van der Waals surface area contributed by atoms with E-state index in [0.29, 0.717) is 4.90 Å². The number of nitrogens with one attached hydrogen (secondary N) is 2. The Kier molecular flexibility index (Phi) is 6.84. The lowest BCUT2D eigenvalue weighted by molar-refractivity contribution is -0.122. The molecule has 0 radical (unpaired) electrons. The number of hydrogen-bond donors (Lipinski definition) is 2. The van der Waals surface area contributed by atoms with Crippen molar-refractivity contribution < 1.29 is 14.0 Å². The fourth-order valence-corrected chi connectivity index (χ4v) is 3.04. The van der Waals surface area contributed by atoms with Crippen LogP contribution in [-0.4, -0.2) is 24.1 Å². The van der Waals surface area contributed by atoms with E-state index >= 15 is 0 Å². The summed E-state index contributed by atoms with van der Waals surface area (Å²) in [4.78, 5) is 24.5. The molecule has 0 aliphatic heterocycles. The summed E-state index contributed by atoms with van der Waals surface area (Å²) >= 11 is 6.91. The molecule has 0 aliphatic carbocycles. The first-order valence-corrected chi connectivity index (χ1v) is 8.94. The van der Waals surface area contributed by atoms with Gasteiger partial charge in [-0.2, -0.15) is 0 Å². The van der Waals surface area contributed by atoms with Crippen LogP contribution in [0.5, 0.6) is 0 Å². The average molecular weight is 381 g/mol. The van der Waals surface area contributed by atoms with Crippen molar-refractivity contribution in [3.8, 4) is 0 Å². The molecule has 25 heavy (non-hydrogen) atoms. The van der Waals surface area contributed by atoms with Gasteiger partial charge in [-0.1, -0.05) is 23.7 Å². The predicted molar refractivity (Wildman–Crippen MR) is 99.7 cm³/mol. The van der Waals surface area contributed by atoms with Gasteiger partial charge in [-0.3, -0.25) is 9.59 Å². The molecule has 0 saturated carbocycles. The second-order valence-electron chi connectivity index (χ2n) is 5.44. The van der Waals surface area contributed by atoms with Crippen molar-refractivity contribution in [3.63, 3.8) is 0 Å². The van der Waals surface area contributed by atoms with Crippen molar-refractivity contribution in [1.82, 2.24) is 5.32 Å². The number of carbonyl (C=O) groups is 2. The lowest BCUT2D eigenvalue weighted by atomic mass is 10.1. The zero-order chi connectivity index (χ0) is 18.4. The fraction of sp³-hybridized carbons (Fsp3) is 0.222. The molecule has 4 nitrogen and oxygen atoms in total. The molecule has 0 unspecified atom stereocenters. The summed E-state index contributed by atoms with van der Waals surface area (Å²) in [6.45, 7) is 3.77. The highest BCUT2D eigenvalue weighted by molar-refractivity contribution is 8.00. The third-order valence-corrected chi connectivity index (χ3v) is 4.87. The first kappa shape index (κ1) is 19.3. The van der Waals surface area contributed by atoms with Gasteiger partial charge in [0.25, 0.3) is 0 Å². The molecule has 2 aromatic carbocycles. The van der Waals surface area contributed by atoms with Crippen LogP contribution in [-0.2, 0) is 9.59 Å². The zero-order valence-electron chi connectivity index (χ0n) is 13.9. The van der Waals surface area contributed by atoms with Crippen LogP contribution in [0.15, 0.2) is 41.3 Å². The van der Waals surface area contributed by atoms with Gasteiger partial charge in [0.2, 0.25) is 11.8 Å². The second kappa shape index (κ2) is 8.87. The van der Waals surface area contributed by atoms with Gasteiger partial charge in [-0.05, 0) is 49.2 Å². The number of halogens is 2. The molecular formula is C18H18ClFN2O2S. The van der Waals surface area contributed by atoms with Crippen molar-refractivity contribution in [1.29, 1.82) is 0 Å². The molecule has 7 heteroatoms. The smallest absolute Gasteiger partial charge is 0.243 e. The van der Waals surface area contributed by atoms with E-state index in [4.69, 9.17) is 11.6 Å². The van der Waals surface area contributed by atoms with Crippen molar-refractivity contribution in [2.75, 3.05) is 17.6 Å². The molecule has 0 atom stereocenters. The molecule has 2 amide bonds. The number of anilines is 1. The number of carbonyl (C=O) groups excluding carboxylic acids is 2. The van der Waals surface area contributed by atoms with Crippen LogP contribution in [0.4, 0.5) is 10.1 Å². The first-order chi connectivity index (χ1) is 11.9. The largest absolute Gasteiger partial charge is 0.346 e. The highest BCUT2D eigenvalue weighted by Gasteiger charge is 2.09. The third kappa shape index (κ3) is 5.76. The summed E-state index contributed by atoms with van der Waals surface area (Å²) < 4.78 is 13.1. The molecule has 0 bridgehead atoms. The zero-order valence-corrected chi connectivity index (χ0v) is 15.4. The SMILES string of the molecule is Cc1cccc(NC(=O)CNC(=O)CSc2ccc(F)c(Cl)c2)c1C. The predicted octanol–water partition coefficient (Wildman–Crippen LogP) is 3.94. The van der Waals surface area contributed by atoms with Crippen LogP contribution in [0, 0.1) is 19.7 Å². The van der Waals surface area contributed by atoms with Crippen LogP contribution in [0.1, 0.15) is 11.1 Å². The summed E-state index contributed by atoms with van der Waals surface area (Å²) in [7, 11) is 0. The maximum absolute atomic E-state index is 13.1. The monoisotopic (exact) mass is 380 g/mol. The first-order valence-electron chi connectivity index (χ1n) is 7.57. The van der Waals surface area contributed by atoms with Crippen LogP contribution in [0.3, 0.4) is 0 Å². The Morgan fingerprint density at radius 1 is 1.16 bits per heavy atom. The topological polar surface area (TPSA) is 58.2 Å². The maximum atomic E-state index is 13.1. The highest BCUT2D eigenvalue weighted by atomic mass is 35.5. The van der Waals surface area contributed by atoms with Crippen LogP contribution >= 0.6 is 23.4 Å². The van der Waals surface area contributed by atoms with Crippen molar-refractivity contribution >= 4 is 40.9 Å². The quantitative estimate of drug-likeness (QED) is 0.746. The minimum atomic E-state index is -0.501. The van der Waals surface area contributed by atoms with Gasteiger partial charge in [0, 0.05) is 10.6 Å². The molecule has 0 spiro atoms. The lowest BCUT2D eigenvalue weighted by Crippen LogP contribution is -2.34. The standard InChI is InChI=1S/C18H18ClFN2O2S/c1-11-4-3-5-16(12(11)2)22-17(23)9-21-18(24)10-25-13-6-7-15(20)14(19)8-13/h3-8H,9-10H2,1-2H3,(H,21,24)(H,22,23). The Morgan fingerprint density at radius 2 is 1.92 bits per heavy atom. The number of benzene rings is 2. The third-order valence-electron chi connectivity index (χ3n) is 3.59. The Balaban J connectivity index is 1.78. The minimum Gasteiger partial charge on any atom is -0.346 e. The maximum Gasteiger partial charge on any atom is 0.243 e. The number of aryl methyl sites for hydroxylation is 1. The van der Waals surface area contributed by atoms with Gasteiger partial charge in [0.1, 0.15) is 5.82 Å². The number of rotatable bonds is 6. The summed E-state index contributed by atoms with van der Waals surface area (Å²) in [5, 5.41) is 5.34. The van der Waals surface area contributed by atoms with Crippen molar-refractivity contribution in [2.24, 2.45) is 0 Å². The van der Waals surface area contributed by atoms with Gasteiger partial charge < -0.3 is 10.6 Å². The van der Waals surface area contributed by atoms with Crippen LogP contribution in [0.2, 0.25) is 5.02 Å². The van der Waals surface area contributed by atoms with Crippen molar-refractivity contribution in [3.05, 3.63) is 58.4 Å². The van der Waals surface area contributed by atoms with Gasteiger partial charge in [-0.15, -0.1) is 11.8 Å². The normalized spacial score (nSPS) is 10.4. The van der Waals surface area contributed by atoms with E-state index in [2.05, 4.69) is 10.6 Å². The Hall–Kier alpha value is -2.05. The van der Waals surface area contributed by atoms with Gasteiger partial charge in [0.05, 0.1) is 17.3 Å². The molecule has 132 valence electrons. The summed E-state index contributed by atoms with van der Waals surface area (Å²) in [5.74, 6) is -0.976. The molecule has 2 rings (SSSR count). The van der Waals surface area contributed by atoms with E-state index in [9.17, 15) is 14.0 Å². The van der Waals surface area contributed by atoms with Crippen LogP contribution < -0.4 is 10.6 Å². The second-order valence-corrected chi connectivity index (χ2v) is 6.89. The summed E-state index contributed by atoms with van der Waals surface area (Å²) in [6.07, 6.45) is 0. The Bertz CT molecular complexity index is 799. The average Bonchev–Trinajstić information content (AvgIpc) is 2.58. The number of amides is 2. The van der Waals surface area contributed by atoms with E-state index in [1.54, 1.807) is 6.07 Å². The van der Waals surface area contributed by atoms with Gasteiger partial charge in [-0.25, -0.2) is 4.39 Å². The van der Waals surface area contributed by atoms with Gasteiger partial charge in [0.15, 0.2) is 0 Å². The van der Waals surface area contributed by atoms with E-state index in [1.165, 1.54) is 23.9 Å². The molecule has 0 aromatic heterocycles. The van der Waals surface area contributed by atoms with E-state index in [1.807, 2.05) is 32.0 Å². The van der Waals surface area contributed by atoms with Crippen LogP contribution in [0.25, 0.3) is 0 Å². The Labute approximate surface area is 155 Å². The summed E-state index contributed by atoms with van der Waals surface area (Å²) in [6, 6.07) is 9.90. The molecular weight excluding hydrogens is 363 g/mol. The number of hydrogen-bond acceptors (Lipinski definition) is 3. The molecule has 0 fully saturated rings. The lowest BCUT2D eigenvalue weighted by Gasteiger charge is -2.11. The molecule has 2 aromatic rings. The molecule has 0 heterocycles. The van der Waals surface area contributed by atoms with E-state index in [0.717, 1.165) is 16.8 Å². The summed E-state index contributed by atoms with van der Waals surface area (Å²) in [5.41, 5.74) is 2.80. The van der Waals surface area contributed by atoms with E-state index < -0.39 is 5.82 Å². The van der Waals surface area contributed by atoms with Gasteiger partial charge >= 0.3 is 0 Å². The molecule has 0 aliphatic rings. The fourth-order valence-electron chi connectivity index (χ4n) is 2.03. The Morgan fingerprint density at radius 3 is 2.64 bits per heavy atom. The molecule has 2 N–H and O–H groups in total. The molecule has 0 saturated heterocycles. The van der Waals surface area contributed by atoms with E-state index in [-0.39, 0.29) is 29.1 Å². The van der Waals surface area contributed by atoms with Crippen molar-refractivity contribution in [2.45, 2.75) is 18.7 Å². The number of thioether (sulfide) groups is 1. The minimum absolute atomic E-state index is 0.0123. The highest BCUT2D eigenvalue weighted by Crippen LogP contribution is 2.23.